The fourth-order valence-electron chi connectivity index (χ4n) is 0.832. The van der Waals surface area contributed by atoms with E-state index in [2.05, 4.69) is 0 Å². The normalized spacial score (nSPS) is 15.7. The predicted molar refractivity (Wildman–Crippen MR) is 36.1 cm³/mol. The van der Waals surface area contributed by atoms with Crippen molar-refractivity contribution in [3.63, 3.8) is 0 Å². The van der Waals surface area contributed by atoms with Crippen LogP contribution in [0, 0.1) is 5.92 Å². The first kappa shape index (κ1) is 8.89. The van der Waals surface area contributed by atoms with Crippen molar-refractivity contribution >= 4 is 0 Å². The quantitative estimate of drug-likeness (QED) is 0.623. The summed E-state index contributed by atoms with van der Waals surface area (Å²) in [4.78, 5) is 0. The summed E-state index contributed by atoms with van der Waals surface area (Å²) >= 11 is 0. The van der Waals surface area contributed by atoms with Gasteiger partial charge in [-0.2, -0.15) is 0 Å². The van der Waals surface area contributed by atoms with Crippen molar-refractivity contribution in [1.29, 1.82) is 0 Å². The molecule has 9 heavy (non-hydrogen) atoms. The summed E-state index contributed by atoms with van der Waals surface area (Å²) in [5.41, 5.74) is -1.23. The van der Waals surface area contributed by atoms with E-state index in [4.69, 9.17) is 5.11 Å². The molecule has 0 aliphatic carbocycles. The molecule has 0 aliphatic rings. The second-order valence-corrected chi connectivity index (χ2v) is 2.85. The molecule has 0 heterocycles. The van der Waals surface area contributed by atoms with Gasteiger partial charge < -0.3 is 5.11 Å². The Morgan fingerprint density at radius 2 is 2.00 bits per heavy atom. The van der Waals surface area contributed by atoms with Crippen LogP contribution < -0.4 is 0 Å². The number of hydrogen-bond donors (Lipinski definition) is 1. The van der Waals surface area contributed by atoms with Gasteiger partial charge in [-0.15, -0.1) is 0 Å². The number of hydrogen-bond acceptors (Lipinski definition) is 1. The van der Waals surface area contributed by atoms with Gasteiger partial charge in [-0.1, -0.05) is 6.92 Å². The first-order chi connectivity index (χ1) is 4.02. The summed E-state index contributed by atoms with van der Waals surface area (Å²) in [5.74, 6) is -0.211. The van der Waals surface area contributed by atoms with Gasteiger partial charge in [-0.25, -0.2) is 4.39 Å². The fourth-order valence-corrected chi connectivity index (χ4v) is 0.832. The van der Waals surface area contributed by atoms with Crippen molar-refractivity contribution in [2.75, 3.05) is 6.61 Å². The van der Waals surface area contributed by atoms with E-state index in [0.29, 0.717) is 6.42 Å². The number of aliphatic hydroxyl groups excluding tert-OH is 1. The van der Waals surface area contributed by atoms with Gasteiger partial charge in [0.05, 0.1) is 0 Å². The van der Waals surface area contributed by atoms with Crippen molar-refractivity contribution < 1.29 is 9.50 Å². The number of rotatable bonds is 3. The molecule has 0 fully saturated rings. The Hall–Kier alpha value is -0.110. The van der Waals surface area contributed by atoms with E-state index in [0.717, 1.165) is 0 Å². The molecule has 1 atom stereocenters. The number of halogens is 1. The lowest BCUT2D eigenvalue weighted by molar-refractivity contribution is 0.0696. The third kappa shape index (κ3) is 2.80. The van der Waals surface area contributed by atoms with Crippen LogP contribution >= 0.6 is 0 Å². The summed E-state index contributed by atoms with van der Waals surface area (Å²) in [6.45, 7) is 4.82. The zero-order valence-electron chi connectivity index (χ0n) is 6.32. The standard InChI is InChI=1S/C7H15FO/c1-4-6(5-9)7(2,3)8/h6,9H,4-5H2,1-3H3/t6-/m0/s1. The molecule has 0 spiro atoms. The summed E-state index contributed by atoms with van der Waals surface area (Å²) in [6.07, 6.45) is 0.694. The average Bonchev–Trinajstić information content (AvgIpc) is 1.65. The zero-order chi connectivity index (χ0) is 7.49. The van der Waals surface area contributed by atoms with Crippen molar-refractivity contribution in [3.8, 4) is 0 Å². The fraction of sp³-hybridized carbons (Fsp3) is 1.00. The third-order valence-electron chi connectivity index (χ3n) is 1.68. The number of aliphatic hydroxyl groups is 1. The van der Waals surface area contributed by atoms with Gasteiger partial charge in [0, 0.05) is 12.5 Å². The molecule has 0 unspecified atom stereocenters. The molecule has 0 aromatic heterocycles. The SMILES string of the molecule is CC[C@@H](CO)C(C)(C)F. The molecule has 0 saturated carbocycles. The summed E-state index contributed by atoms with van der Waals surface area (Å²) in [5, 5.41) is 8.62. The largest absolute Gasteiger partial charge is 0.396 e. The third-order valence-corrected chi connectivity index (χ3v) is 1.68. The van der Waals surface area contributed by atoms with Crippen molar-refractivity contribution in [2.45, 2.75) is 32.9 Å². The Kier molecular flexibility index (Phi) is 3.12. The van der Waals surface area contributed by atoms with Gasteiger partial charge in [0.15, 0.2) is 0 Å². The second-order valence-electron chi connectivity index (χ2n) is 2.85. The average molecular weight is 134 g/mol. The van der Waals surface area contributed by atoms with Crippen LogP contribution in [0.2, 0.25) is 0 Å². The highest BCUT2D eigenvalue weighted by atomic mass is 19.1. The van der Waals surface area contributed by atoms with Crippen LogP contribution in [0.5, 0.6) is 0 Å². The van der Waals surface area contributed by atoms with Gasteiger partial charge in [-0.3, -0.25) is 0 Å². The predicted octanol–water partition coefficient (Wildman–Crippen LogP) is 1.75. The molecule has 0 rings (SSSR count). The molecule has 0 bridgehead atoms. The van der Waals surface area contributed by atoms with E-state index in [1.54, 1.807) is 0 Å². The zero-order valence-corrected chi connectivity index (χ0v) is 6.32. The minimum Gasteiger partial charge on any atom is -0.396 e. The maximum absolute atomic E-state index is 12.9. The van der Waals surface area contributed by atoms with Gasteiger partial charge in [-0.05, 0) is 20.3 Å². The Labute approximate surface area is 55.9 Å². The van der Waals surface area contributed by atoms with Crippen LogP contribution in [-0.4, -0.2) is 17.4 Å². The van der Waals surface area contributed by atoms with Crippen LogP contribution in [0.4, 0.5) is 4.39 Å². The second kappa shape index (κ2) is 3.16. The Balaban J connectivity index is 3.79. The van der Waals surface area contributed by atoms with Gasteiger partial charge in [0.2, 0.25) is 0 Å². The van der Waals surface area contributed by atoms with Crippen LogP contribution in [0.1, 0.15) is 27.2 Å². The molecular weight excluding hydrogens is 119 g/mol. The van der Waals surface area contributed by atoms with Crippen LogP contribution in [0.3, 0.4) is 0 Å². The van der Waals surface area contributed by atoms with Gasteiger partial charge >= 0.3 is 0 Å². The maximum atomic E-state index is 12.9. The Bertz CT molecular complexity index is 71.5. The van der Waals surface area contributed by atoms with Crippen LogP contribution in [-0.2, 0) is 0 Å². The van der Waals surface area contributed by atoms with E-state index in [1.807, 2.05) is 6.92 Å². The molecule has 56 valence electrons. The van der Waals surface area contributed by atoms with Crippen molar-refractivity contribution in [2.24, 2.45) is 5.92 Å². The molecular formula is C7H15FO. The maximum Gasteiger partial charge on any atom is 0.110 e. The van der Waals surface area contributed by atoms with Crippen molar-refractivity contribution in [1.82, 2.24) is 0 Å². The van der Waals surface area contributed by atoms with Gasteiger partial charge in [0.1, 0.15) is 5.67 Å². The van der Waals surface area contributed by atoms with E-state index in [1.165, 1.54) is 13.8 Å². The summed E-state index contributed by atoms with van der Waals surface area (Å²) in [7, 11) is 0. The molecule has 0 aromatic carbocycles. The smallest absolute Gasteiger partial charge is 0.110 e. The lowest BCUT2D eigenvalue weighted by Gasteiger charge is -2.23. The Morgan fingerprint density at radius 3 is 2.00 bits per heavy atom. The summed E-state index contributed by atoms with van der Waals surface area (Å²) < 4.78 is 12.9. The number of alkyl halides is 1. The van der Waals surface area contributed by atoms with E-state index < -0.39 is 5.67 Å². The Morgan fingerprint density at radius 1 is 1.56 bits per heavy atom. The molecule has 1 N–H and O–H groups in total. The van der Waals surface area contributed by atoms with Gasteiger partial charge in [0.25, 0.3) is 0 Å². The van der Waals surface area contributed by atoms with E-state index in [9.17, 15) is 4.39 Å². The lowest BCUT2D eigenvalue weighted by Crippen LogP contribution is -2.28. The molecule has 0 aliphatic heterocycles. The topological polar surface area (TPSA) is 20.2 Å². The molecule has 0 saturated heterocycles. The first-order valence-corrected chi connectivity index (χ1v) is 3.32. The molecule has 2 heteroatoms. The molecule has 0 aromatic rings. The van der Waals surface area contributed by atoms with Crippen molar-refractivity contribution in [3.05, 3.63) is 0 Å². The first-order valence-electron chi connectivity index (χ1n) is 3.32. The monoisotopic (exact) mass is 134 g/mol. The van der Waals surface area contributed by atoms with E-state index in [-0.39, 0.29) is 12.5 Å². The van der Waals surface area contributed by atoms with Crippen LogP contribution in [0.15, 0.2) is 0 Å². The van der Waals surface area contributed by atoms with E-state index >= 15 is 0 Å². The molecule has 0 radical (unpaired) electrons. The highest BCUT2D eigenvalue weighted by molar-refractivity contribution is 4.75. The minimum absolute atomic E-state index is 0.0556. The van der Waals surface area contributed by atoms with Crippen LogP contribution in [0.25, 0.3) is 0 Å². The minimum atomic E-state index is -1.23. The summed E-state index contributed by atoms with van der Waals surface area (Å²) in [6, 6.07) is 0. The molecule has 1 nitrogen and oxygen atoms in total. The molecule has 0 amide bonds. The highest BCUT2D eigenvalue weighted by Crippen LogP contribution is 2.23. The lowest BCUT2D eigenvalue weighted by atomic mass is 9.91. The highest BCUT2D eigenvalue weighted by Gasteiger charge is 2.26.